The Bertz CT molecular complexity index is 2540. The first-order chi connectivity index (χ1) is 29.9. The molecule has 2 aromatic carbocycles. The van der Waals surface area contributed by atoms with Gasteiger partial charge in [0.05, 0.1) is 5.02 Å². The lowest BCUT2D eigenvalue weighted by molar-refractivity contribution is -0.139. The summed E-state index contributed by atoms with van der Waals surface area (Å²) < 4.78 is 23.8. The molecule has 2 N–H and O–H groups in total. The van der Waals surface area contributed by atoms with Gasteiger partial charge in [0.15, 0.2) is 36.3 Å². The number of rotatable bonds is 14. The molecular weight excluding hydrogens is 831 g/mol. The van der Waals surface area contributed by atoms with Gasteiger partial charge in [-0.2, -0.15) is 9.59 Å². The van der Waals surface area contributed by atoms with Crippen LogP contribution in [0.3, 0.4) is 0 Å². The highest BCUT2D eigenvalue weighted by Gasteiger charge is 2.31. The third-order valence-electron chi connectivity index (χ3n) is 10.8. The van der Waals surface area contributed by atoms with Crippen LogP contribution < -0.4 is 9.80 Å². The summed E-state index contributed by atoms with van der Waals surface area (Å²) in [6.45, 7) is 6.02. The standard InChI is InChI=1S/C22H26N6O4.C18H16ClFN6O4/c1-3-14(2)16-6-4-5-7-17(16)21(31)15-8-10-27(11-9-15)19-12-18(32-25-19)22-23-26-28(24-22)13-20(29)30;19-13-7-11(20)1-2-12(13)17(29)10-3-5-25(6-4-10)15-8-14(30-23-15)18-21-24-26(22-18)9-16(27)28/h4-7,12,14-15H,3,8-11,13H2,1-2H3,(H,29,30);1-2,7-8,10H,3-6,9H2,(H,27,28). The van der Waals surface area contributed by atoms with E-state index >= 15 is 0 Å². The monoisotopic (exact) mass is 872 g/mol. The number of carboxylic acids is 2. The molecule has 22 heteroatoms. The number of nitrogens with zero attached hydrogens (tertiary/aromatic N) is 12. The van der Waals surface area contributed by atoms with Crippen molar-refractivity contribution in [3.8, 4) is 23.2 Å². The largest absolute Gasteiger partial charge is 0.480 e. The van der Waals surface area contributed by atoms with Crippen LogP contribution in [0, 0.1) is 17.7 Å². The lowest BCUT2D eigenvalue weighted by Gasteiger charge is -2.31. The molecule has 0 saturated carbocycles. The second-order valence-electron chi connectivity index (χ2n) is 14.9. The van der Waals surface area contributed by atoms with Gasteiger partial charge in [-0.05, 0) is 72.2 Å². The first-order valence-corrected chi connectivity index (χ1v) is 20.3. The van der Waals surface area contributed by atoms with Gasteiger partial charge >= 0.3 is 11.9 Å². The molecule has 2 saturated heterocycles. The van der Waals surface area contributed by atoms with Crippen LogP contribution in [-0.2, 0) is 22.7 Å². The van der Waals surface area contributed by atoms with Gasteiger partial charge in [0, 0.05) is 61.3 Å². The number of piperidine rings is 2. The topological polar surface area (TPSA) is 254 Å². The molecule has 4 aromatic heterocycles. The highest BCUT2D eigenvalue weighted by Crippen LogP contribution is 2.32. The van der Waals surface area contributed by atoms with Gasteiger partial charge in [0.25, 0.3) is 0 Å². The van der Waals surface area contributed by atoms with Gasteiger partial charge in [-0.25, -0.2) is 4.39 Å². The summed E-state index contributed by atoms with van der Waals surface area (Å²) in [7, 11) is 0. The van der Waals surface area contributed by atoms with E-state index in [1.807, 2.05) is 23.1 Å². The van der Waals surface area contributed by atoms with E-state index in [0.29, 0.717) is 67.9 Å². The van der Waals surface area contributed by atoms with Crippen molar-refractivity contribution >= 4 is 46.7 Å². The summed E-state index contributed by atoms with van der Waals surface area (Å²) >= 11 is 6.01. The average molecular weight is 873 g/mol. The van der Waals surface area contributed by atoms with Crippen molar-refractivity contribution in [2.75, 3.05) is 36.0 Å². The van der Waals surface area contributed by atoms with Crippen LogP contribution in [0.1, 0.15) is 78.1 Å². The van der Waals surface area contributed by atoms with Crippen LogP contribution in [0.25, 0.3) is 23.2 Å². The number of halogens is 2. The van der Waals surface area contributed by atoms with E-state index in [2.05, 4.69) is 65.9 Å². The Balaban J connectivity index is 0.000000187. The number of anilines is 2. The highest BCUT2D eigenvalue weighted by atomic mass is 35.5. The smallest absolute Gasteiger partial charge is 0.327 e. The SMILES string of the molecule is CCC(C)c1ccccc1C(=O)C1CCN(c2cc(-c3nnn(CC(=O)O)n3)on2)CC1.O=C(O)Cn1nnc(-c2cc(N3CCC(C(=O)c4ccc(F)cc4Cl)CC3)no2)n1. The number of tetrazole rings is 2. The Hall–Kier alpha value is -6.90. The third kappa shape index (κ3) is 10.2. The molecule has 0 spiro atoms. The van der Waals surface area contributed by atoms with Crippen LogP contribution >= 0.6 is 11.6 Å². The third-order valence-corrected chi connectivity index (χ3v) is 11.2. The number of aromatic nitrogens is 10. The maximum Gasteiger partial charge on any atom is 0.327 e. The van der Waals surface area contributed by atoms with E-state index in [1.54, 1.807) is 12.1 Å². The van der Waals surface area contributed by atoms with Gasteiger partial charge in [0.2, 0.25) is 23.2 Å². The number of carbonyl (C=O) groups is 4. The lowest BCUT2D eigenvalue weighted by Crippen LogP contribution is -2.36. The number of Topliss-reactive ketones (excluding diaryl/α,β-unsaturated/α-hetero) is 2. The van der Waals surface area contributed by atoms with Crippen LogP contribution in [0.4, 0.5) is 16.0 Å². The molecule has 0 radical (unpaired) electrons. The molecule has 6 heterocycles. The number of carboxylic acid groups (broad SMARTS) is 2. The van der Waals surface area contributed by atoms with Crippen molar-refractivity contribution in [3.63, 3.8) is 0 Å². The van der Waals surface area contributed by atoms with Gasteiger partial charge in [-0.3, -0.25) is 19.2 Å². The van der Waals surface area contributed by atoms with Gasteiger partial charge in [-0.1, -0.05) is 60.0 Å². The van der Waals surface area contributed by atoms with Crippen molar-refractivity contribution in [2.45, 2.75) is 65.0 Å². The minimum absolute atomic E-state index is 0.0135. The summed E-state index contributed by atoms with van der Waals surface area (Å²) in [6.07, 6.45) is 3.64. The summed E-state index contributed by atoms with van der Waals surface area (Å²) in [4.78, 5) is 53.4. The zero-order valence-electron chi connectivity index (χ0n) is 33.7. The minimum Gasteiger partial charge on any atom is -0.480 e. The normalized spacial score (nSPS) is 15.2. The Morgan fingerprint density at radius 3 is 1.69 bits per heavy atom. The Morgan fingerprint density at radius 2 is 1.23 bits per heavy atom. The van der Waals surface area contributed by atoms with E-state index in [4.69, 9.17) is 30.9 Å². The first kappa shape index (κ1) is 43.2. The van der Waals surface area contributed by atoms with E-state index in [0.717, 1.165) is 46.0 Å². The predicted octanol–water partition coefficient (Wildman–Crippen LogP) is 5.33. The molecule has 2 aliphatic heterocycles. The zero-order valence-corrected chi connectivity index (χ0v) is 34.4. The molecule has 8 rings (SSSR count). The second kappa shape index (κ2) is 19.2. The van der Waals surface area contributed by atoms with Crippen molar-refractivity contribution in [3.05, 3.63) is 82.1 Å². The van der Waals surface area contributed by atoms with Crippen molar-refractivity contribution in [1.82, 2.24) is 50.7 Å². The Labute approximate surface area is 357 Å². The molecular formula is C40H42ClFN12O8. The van der Waals surface area contributed by atoms with E-state index in [1.165, 1.54) is 12.1 Å². The lowest BCUT2D eigenvalue weighted by atomic mass is 9.84. The molecule has 324 valence electrons. The molecule has 6 aromatic rings. The summed E-state index contributed by atoms with van der Waals surface area (Å²) in [5.74, 6) is -0.290. The van der Waals surface area contributed by atoms with E-state index in [9.17, 15) is 23.6 Å². The molecule has 0 bridgehead atoms. The van der Waals surface area contributed by atoms with Crippen LogP contribution in [0.2, 0.25) is 5.02 Å². The van der Waals surface area contributed by atoms with Crippen LogP contribution in [-0.4, -0.2) is 111 Å². The van der Waals surface area contributed by atoms with Crippen molar-refractivity contribution in [1.29, 1.82) is 0 Å². The summed E-state index contributed by atoms with van der Waals surface area (Å²) in [5.41, 5.74) is 2.31. The number of benzene rings is 2. The fourth-order valence-corrected chi connectivity index (χ4v) is 7.60. The van der Waals surface area contributed by atoms with Crippen molar-refractivity contribution < 1.29 is 42.8 Å². The fraction of sp³-hybridized carbons (Fsp3) is 0.400. The quantitative estimate of drug-likeness (QED) is 0.131. The molecule has 0 amide bonds. The maximum atomic E-state index is 13.2. The van der Waals surface area contributed by atoms with Crippen LogP contribution in [0.5, 0.6) is 0 Å². The molecule has 62 heavy (non-hydrogen) atoms. The van der Waals surface area contributed by atoms with Gasteiger partial charge in [0.1, 0.15) is 5.82 Å². The Kier molecular flexibility index (Phi) is 13.4. The molecule has 2 fully saturated rings. The Morgan fingerprint density at radius 1 is 0.742 bits per heavy atom. The summed E-state index contributed by atoms with van der Waals surface area (Å²) in [5, 5.41) is 48.7. The molecule has 1 atom stereocenters. The van der Waals surface area contributed by atoms with Gasteiger partial charge < -0.3 is 29.1 Å². The predicted molar refractivity (Wildman–Crippen MR) is 217 cm³/mol. The summed E-state index contributed by atoms with van der Waals surface area (Å²) in [6, 6.07) is 15.1. The second-order valence-corrected chi connectivity index (χ2v) is 15.4. The van der Waals surface area contributed by atoms with E-state index < -0.39 is 24.3 Å². The fourth-order valence-electron chi connectivity index (χ4n) is 7.34. The highest BCUT2D eigenvalue weighted by molar-refractivity contribution is 6.34. The molecule has 0 aliphatic carbocycles. The zero-order chi connectivity index (χ0) is 43.9. The van der Waals surface area contributed by atoms with Crippen LogP contribution in [0.15, 0.2) is 63.6 Å². The number of carbonyl (C=O) groups excluding carboxylic acids is 2. The molecule has 1 unspecified atom stereocenters. The average Bonchev–Trinajstić information content (AvgIpc) is 4.11. The molecule has 20 nitrogen and oxygen atoms in total. The number of ketones is 2. The molecule has 2 aliphatic rings. The van der Waals surface area contributed by atoms with Gasteiger partial charge in [-0.15, -0.1) is 20.4 Å². The number of aliphatic carboxylic acids is 2. The number of hydrogen-bond acceptors (Lipinski definition) is 16. The maximum absolute atomic E-state index is 13.2. The minimum atomic E-state index is -1.09. The number of hydrogen-bond donors (Lipinski definition) is 2. The van der Waals surface area contributed by atoms with E-state index in [-0.39, 0.29) is 52.4 Å². The van der Waals surface area contributed by atoms with Crippen molar-refractivity contribution in [2.24, 2.45) is 11.8 Å². The first-order valence-electron chi connectivity index (χ1n) is 19.9.